The summed E-state index contributed by atoms with van der Waals surface area (Å²) in [5, 5.41) is 10.5. The first-order valence-corrected chi connectivity index (χ1v) is 9.16. The van der Waals surface area contributed by atoms with Gasteiger partial charge in [0, 0.05) is 27.0 Å². The van der Waals surface area contributed by atoms with E-state index in [0.29, 0.717) is 30.6 Å². The summed E-state index contributed by atoms with van der Waals surface area (Å²) in [7, 11) is 0. The largest absolute Gasteiger partial charge is 0.366 e. The van der Waals surface area contributed by atoms with E-state index in [4.69, 9.17) is 19.9 Å². The van der Waals surface area contributed by atoms with Crippen molar-refractivity contribution in [3.05, 3.63) is 46.1 Å². The standard InChI is InChI=1S/C18H17ClN6S/c19-18-24-17-15(26-18)16(21-11-22-17)23-14-4-6-25(7-5-14)10-13-3-1-2-12(8-13)9-20/h1-3,8,11,14H,4-7,10H2,(H,21,22,23)/i2D,3D,8D,10D,11D/hD. The zero-order valence-electron chi connectivity index (χ0n) is 19.5. The second-order valence-electron chi connectivity index (χ2n) is 5.75. The van der Waals surface area contributed by atoms with Gasteiger partial charge in [-0.25, -0.2) is 15.0 Å². The van der Waals surface area contributed by atoms with E-state index in [0.717, 1.165) is 11.3 Å². The number of likely N-dealkylation sites (tertiary alicyclic amines) is 1. The normalized spacial score (nSPS) is 20.3. The molecule has 132 valence electrons. The van der Waals surface area contributed by atoms with E-state index in [1.165, 1.54) is 11.4 Å². The zero-order valence-corrected chi connectivity index (χ0v) is 15.1. The fourth-order valence-electron chi connectivity index (χ4n) is 2.79. The van der Waals surface area contributed by atoms with Crippen LogP contribution in [-0.2, 0) is 6.52 Å². The zero-order chi connectivity index (χ0) is 23.2. The number of benzene rings is 1. The van der Waals surface area contributed by atoms with Gasteiger partial charge in [0.2, 0.25) is 0 Å². The average Bonchev–Trinajstić information content (AvgIpc) is 3.12. The summed E-state index contributed by atoms with van der Waals surface area (Å²) in [6.45, 7) is -0.153. The molecule has 2 aromatic heterocycles. The Balaban J connectivity index is 1.52. The Morgan fingerprint density at radius 2 is 2.31 bits per heavy atom. The smallest absolute Gasteiger partial charge is 0.186 e. The van der Waals surface area contributed by atoms with Crippen molar-refractivity contribution in [3.63, 3.8) is 0 Å². The molecule has 0 radical (unpaired) electrons. The van der Waals surface area contributed by atoms with Crippen molar-refractivity contribution in [1.29, 1.82) is 5.26 Å². The summed E-state index contributed by atoms with van der Waals surface area (Å²) in [4.78, 5) is 13.9. The van der Waals surface area contributed by atoms with Crippen LogP contribution < -0.4 is 5.31 Å². The third-order valence-electron chi connectivity index (χ3n) is 4.03. The molecule has 3 aromatic rings. The van der Waals surface area contributed by atoms with Gasteiger partial charge in [-0.2, -0.15) is 5.26 Å². The minimum Gasteiger partial charge on any atom is -0.366 e. The van der Waals surface area contributed by atoms with Gasteiger partial charge in [0.05, 0.1) is 15.7 Å². The van der Waals surface area contributed by atoms with Crippen LogP contribution in [0.25, 0.3) is 10.3 Å². The van der Waals surface area contributed by atoms with Crippen LogP contribution in [0.3, 0.4) is 0 Å². The summed E-state index contributed by atoms with van der Waals surface area (Å²) in [6, 6.07) is 2.25. The van der Waals surface area contributed by atoms with E-state index in [-0.39, 0.29) is 57.5 Å². The van der Waals surface area contributed by atoms with Crippen molar-refractivity contribution in [2.24, 2.45) is 0 Å². The number of thiazole rings is 1. The summed E-state index contributed by atoms with van der Waals surface area (Å²) >= 11 is 7.13. The number of nitriles is 1. The quantitative estimate of drug-likeness (QED) is 0.732. The number of aromatic nitrogens is 3. The number of hydrogen-bond donors (Lipinski definition) is 1. The first-order valence-electron chi connectivity index (χ1n) is 11.0. The number of hydrogen-bond acceptors (Lipinski definition) is 7. The maximum atomic E-state index is 9.22. The van der Waals surface area contributed by atoms with E-state index in [1.54, 1.807) is 4.90 Å². The lowest BCUT2D eigenvalue weighted by atomic mass is 10.0. The maximum absolute atomic E-state index is 9.22. The fraction of sp³-hybridized carbons (Fsp3) is 0.333. The van der Waals surface area contributed by atoms with Crippen LogP contribution in [0.4, 0.5) is 5.82 Å². The Morgan fingerprint density at radius 1 is 1.46 bits per heavy atom. The Kier molecular flexibility index (Phi) is 3.32. The fourth-order valence-corrected chi connectivity index (χ4v) is 3.77. The maximum Gasteiger partial charge on any atom is 0.186 e. The van der Waals surface area contributed by atoms with Gasteiger partial charge < -0.3 is 5.31 Å². The molecule has 26 heavy (non-hydrogen) atoms. The van der Waals surface area contributed by atoms with Crippen molar-refractivity contribution in [3.8, 4) is 6.07 Å². The van der Waals surface area contributed by atoms with Gasteiger partial charge in [-0.1, -0.05) is 35.0 Å². The van der Waals surface area contributed by atoms with Crippen molar-refractivity contribution >= 4 is 39.1 Å². The van der Waals surface area contributed by atoms with Gasteiger partial charge in [-0.05, 0) is 30.5 Å². The first kappa shape index (κ1) is 11.4. The Morgan fingerprint density at radius 3 is 3.12 bits per heavy atom. The molecule has 1 aromatic carbocycles. The number of anilines is 1. The van der Waals surface area contributed by atoms with Crippen LogP contribution in [0, 0.1) is 11.3 Å². The van der Waals surface area contributed by atoms with Crippen LogP contribution in [0.5, 0.6) is 0 Å². The number of piperidine rings is 1. The molecule has 0 amide bonds. The molecule has 0 saturated carbocycles. The minimum atomic E-state index is -1.02. The average molecular weight is 391 g/mol. The monoisotopic (exact) mass is 390 g/mol. The van der Waals surface area contributed by atoms with Crippen LogP contribution in [0.1, 0.15) is 30.8 Å². The summed E-state index contributed by atoms with van der Waals surface area (Å²) in [5.74, 6) is 0.275. The van der Waals surface area contributed by atoms with E-state index in [1.807, 2.05) is 6.07 Å². The van der Waals surface area contributed by atoms with E-state index in [2.05, 4.69) is 15.0 Å². The second-order valence-corrected chi connectivity index (χ2v) is 7.33. The highest BCUT2D eigenvalue weighted by atomic mass is 35.5. The highest BCUT2D eigenvalue weighted by Gasteiger charge is 2.21. The van der Waals surface area contributed by atoms with Gasteiger partial charge in [-0.15, -0.1) is 0 Å². The lowest BCUT2D eigenvalue weighted by Gasteiger charge is -2.32. The summed E-state index contributed by atoms with van der Waals surface area (Å²) in [5.41, 5.74) is 0.255. The Hall–Kier alpha value is -2.27. The number of nitrogens with zero attached hydrogens (tertiary/aromatic N) is 5. The number of nitrogens with one attached hydrogen (secondary N) is 1. The molecular formula is C18H17ClN6S. The van der Waals surface area contributed by atoms with Gasteiger partial charge in [0.25, 0.3) is 0 Å². The van der Waals surface area contributed by atoms with Crippen LogP contribution >= 0.6 is 22.9 Å². The van der Waals surface area contributed by atoms with E-state index < -0.39 is 6.52 Å². The van der Waals surface area contributed by atoms with Crippen LogP contribution in [-0.4, -0.2) is 39.0 Å². The van der Waals surface area contributed by atoms with Gasteiger partial charge in [0.15, 0.2) is 11.5 Å². The summed E-state index contributed by atoms with van der Waals surface area (Å²) in [6.07, 6.45) is 0.798. The molecule has 1 unspecified atom stereocenters. The molecule has 1 N–H and O–H groups in total. The predicted molar refractivity (Wildman–Crippen MR) is 103 cm³/mol. The molecule has 1 fully saturated rings. The lowest BCUT2D eigenvalue weighted by molar-refractivity contribution is 0.211. The molecule has 0 spiro atoms. The van der Waals surface area contributed by atoms with Gasteiger partial charge >= 0.3 is 0 Å². The molecule has 6 nitrogen and oxygen atoms in total. The van der Waals surface area contributed by atoms with Crippen molar-refractivity contribution < 1.29 is 8.27 Å². The van der Waals surface area contributed by atoms with Crippen molar-refractivity contribution in [1.82, 2.24) is 19.9 Å². The predicted octanol–water partition coefficient (Wildman–Crippen LogP) is 3.69. The van der Waals surface area contributed by atoms with Gasteiger partial charge in [-0.3, -0.25) is 4.90 Å². The summed E-state index contributed by atoms with van der Waals surface area (Å²) < 4.78 is 49.9. The topological polar surface area (TPSA) is 77.7 Å². The molecule has 4 rings (SSSR count). The molecule has 1 aliphatic rings. The van der Waals surface area contributed by atoms with Crippen LogP contribution in [0.15, 0.2) is 30.5 Å². The van der Waals surface area contributed by atoms with Crippen LogP contribution in [0.2, 0.25) is 5.88 Å². The highest BCUT2D eigenvalue weighted by Crippen LogP contribution is 2.30. The van der Waals surface area contributed by atoms with Crippen molar-refractivity contribution in [2.45, 2.75) is 25.4 Å². The molecule has 0 aliphatic carbocycles. The van der Waals surface area contributed by atoms with E-state index >= 15 is 0 Å². The third-order valence-corrected chi connectivity index (χ3v) is 5.17. The molecule has 3 heterocycles. The van der Waals surface area contributed by atoms with E-state index in [9.17, 15) is 5.26 Å². The molecule has 0 bridgehead atoms. The lowest BCUT2D eigenvalue weighted by Crippen LogP contribution is -2.38. The highest BCUT2D eigenvalue weighted by molar-refractivity contribution is 7.22. The second kappa shape index (κ2) is 7.54. The Labute approximate surface area is 169 Å². The van der Waals surface area contributed by atoms with Gasteiger partial charge in [0.1, 0.15) is 18.2 Å². The molecule has 1 saturated heterocycles. The minimum absolute atomic E-state index is 0.100. The molecule has 1 atom stereocenters. The van der Waals surface area contributed by atoms with Crippen molar-refractivity contribution in [2.75, 3.05) is 18.4 Å². The number of fused-ring (bicyclic) bond motifs is 1. The Bertz CT molecular complexity index is 1230. The third kappa shape index (κ3) is 3.78. The SMILES string of the molecule is [2H]c1nc(N([2H])C2CCN(C([2H])c3c([2H])cc([2H])c(C#N)c3[2H])CC2)c2sc(Cl)nc2n1. The first-order chi connectivity index (χ1) is 15.2. The molecule has 8 heteroatoms. The number of rotatable bonds is 4. The molecule has 1 aliphatic heterocycles. The number of halogens is 1. The molecular weight excluding hydrogens is 368 g/mol.